The van der Waals surface area contributed by atoms with Gasteiger partial charge in [-0.1, -0.05) is 36.4 Å². The summed E-state index contributed by atoms with van der Waals surface area (Å²) in [6.07, 6.45) is 0. The molecule has 4 rings (SSSR count). The van der Waals surface area contributed by atoms with Crippen LogP contribution in [-0.2, 0) is 11.4 Å². The Kier molecular flexibility index (Phi) is 7.55. The highest BCUT2D eigenvalue weighted by molar-refractivity contribution is 8.17. The van der Waals surface area contributed by atoms with E-state index in [1.165, 1.54) is 11.8 Å². The Morgan fingerprint density at radius 3 is 2.56 bits per heavy atom. The molecular formula is C27H29N5O3S. The Morgan fingerprint density at radius 2 is 1.92 bits per heavy atom. The first-order valence-corrected chi connectivity index (χ1v) is 12.5. The lowest BCUT2D eigenvalue weighted by Gasteiger charge is -2.37. The van der Waals surface area contributed by atoms with Crippen molar-refractivity contribution in [3.8, 4) is 17.6 Å². The number of ether oxygens (including phenoxy) is 2. The molecule has 0 saturated carbocycles. The first kappa shape index (κ1) is 25.2. The first-order valence-electron chi connectivity index (χ1n) is 11.7. The zero-order valence-corrected chi connectivity index (χ0v) is 21.6. The fourth-order valence-corrected chi connectivity index (χ4v) is 5.24. The summed E-state index contributed by atoms with van der Waals surface area (Å²) in [5, 5.41) is 10.2. The van der Waals surface area contributed by atoms with Gasteiger partial charge in [0, 0.05) is 13.1 Å². The van der Waals surface area contributed by atoms with E-state index in [1.54, 1.807) is 16.9 Å². The van der Waals surface area contributed by atoms with E-state index < -0.39 is 6.04 Å². The summed E-state index contributed by atoms with van der Waals surface area (Å²) in [6, 6.07) is 17.1. The van der Waals surface area contributed by atoms with Crippen LogP contribution >= 0.6 is 11.8 Å². The van der Waals surface area contributed by atoms with Gasteiger partial charge in [-0.15, -0.1) is 0 Å². The van der Waals surface area contributed by atoms with Gasteiger partial charge in [-0.25, -0.2) is 4.99 Å². The number of nitriles is 1. The highest BCUT2D eigenvalue weighted by Gasteiger charge is 2.43. The minimum absolute atomic E-state index is 0.114. The number of amides is 1. The highest BCUT2D eigenvalue weighted by atomic mass is 32.2. The molecule has 2 aromatic carbocycles. The molecule has 1 atom stereocenters. The Balaban J connectivity index is 1.77. The van der Waals surface area contributed by atoms with Crippen LogP contribution in [0.3, 0.4) is 0 Å². The van der Waals surface area contributed by atoms with Gasteiger partial charge in [-0.2, -0.15) is 5.26 Å². The number of nitrogens with two attached hydrogens (primary N) is 1. The van der Waals surface area contributed by atoms with Crippen LogP contribution < -0.4 is 15.2 Å². The summed E-state index contributed by atoms with van der Waals surface area (Å²) in [5.74, 6) is 1.29. The summed E-state index contributed by atoms with van der Waals surface area (Å²) in [5.41, 5.74) is 9.35. The number of methoxy groups -OCH3 is 1. The van der Waals surface area contributed by atoms with Crippen molar-refractivity contribution >= 4 is 22.8 Å². The number of aliphatic imine (C=N–C) groups is 1. The molecular weight excluding hydrogens is 474 g/mol. The van der Waals surface area contributed by atoms with Gasteiger partial charge in [0.1, 0.15) is 23.4 Å². The summed E-state index contributed by atoms with van der Waals surface area (Å²) in [6.45, 7) is 7.23. The smallest absolute Gasteiger partial charge is 0.254 e. The summed E-state index contributed by atoms with van der Waals surface area (Å²) in [7, 11) is 1.58. The van der Waals surface area contributed by atoms with Crippen LogP contribution in [0.4, 0.5) is 0 Å². The van der Waals surface area contributed by atoms with Gasteiger partial charge >= 0.3 is 0 Å². The van der Waals surface area contributed by atoms with E-state index in [-0.39, 0.29) is 11.7 Å². The number of fused-ring (bicyclic) bond motifs is 1. The predicted molar refractivity (Wildman–Crippen MR) is 141 cm³/mol. The van der Waals surface area contributed by atoms with Crippen molar-refractivity contribution in [3.05, 3.63) is 81.7 Å². The van der Waals surface area contributed by atoms with Crippen molar-refractivity contribution in [2.24, 2.45) is 10.7 Å². The standard InChI is InChI=1S/C27H29N5O3S/c1-5-31(6-2)26(33)23-17(3)30-27-32(25(29)22(15-28)36-27)24(23)19-12-13-20(21(14-19)34-4)35-16-18-10-8-7-9-11-18/h7-14,24H,5-6,16,29H2,1-4H3/t24-/m0/s1. The molecule has 0 fully saturated rings. The highest BCUT2D eigenvalue weighted by Crippen LogP contribution is 2.46. The Labute approximate surface area is 215 Å². The molecule has 8 nitrogen and oxygen atoms in total. The second kappa shape index (κ2) is 10.8. The van der Waals surface area contributed by atoms with Crippen molar-refractivity contribution in [2.45, 2.75) is 33.4 Å². The minimum Gasteiger partial charge on any atom is -0.493 e. The van der Waals surface area contributed by atoms with E-state index >= 15 is 0 Å². The number of benzene rings is 2. The second-order valence-electron chi connectivity index (χ2n) is 8.26. The topological polar surface area (TPSA) is 104 Å². The van der Waals surface area contributed by atoms with Crippen molar-refractivity contribution in [1.29, 1.82) is 5.26 Å². The largest absolute Gasteiger partial charge is 0.493 e. The number of carbonyl (C=O) groups excluding carboxylic acids is 1. The molecule has 2 heterocycles. The summed E-state index contributed by atoms with van der Waals surface area (Å²) in [4.78, 5) is 22.2. The molecule has 9 heteroatoms. The number of amidine groups is 1. The third kappa shape index (κ3) is 4.64. The second-order valence-corrected chi connectivity index (χ2v) is 9.23. The lowest BCUT2D eigenvalue weighted by Crippen LogP contribution is -2.42. The first-order chi connectivity index (χ1) is 17.4. The monoisotopic (exact) mass is 503 g/mol. The molecule has 0 bridgehead atoms. The number of hydrogen-bond donors (Lipinski definition) is 1. The molecule has 0 aromatic heterocycles. The zero-order chi connectivity index (χ0) is 25.8. The molecule has 0 aliphatic carbocycles. The number of likely N-dealkylation sites (N-methyl/N-ethyl adjacent to an activating group) is 1. The van der Waals surface area contributed by atoms with Gasteiger partial charge in [0.2, 0.25) is 0 Å². The number of thioether (sulfide) groups is 1. The molecule has 1 amide bonds. The van der Waals surface area contributed by atoms with Gasteiger partial charge in [0.15, 0.2) is 16.7 Å². The van der Waals surface area contributed by atoms with Gasteiger partial charge in [0.05, 0.1) is 24.4 Å². The van der Waals surface area contributed by atoms with E-state index in [0.29, 0.717) is 52.5 Å². The summed E-state index contributed by atoms with van der Waals surface area (Å²) < 4.78 is 11.7. The van der Waals surface area contributed by atoms with Gasteiger partial charge in [0.25, 0.3) is 5.91 Å². The van der Waals surface area contributed by atoms with Crippen molar-refractivity contribution in [3.63, 3.8) is 0 Å². The molecule has 0 unspecified atom stereocenters. The van der Waals surface area contributed by atoms with Crippen LogP contribution in [0.25, 0.3) is 0 Å². The van der Waals surface area contributed by atoms with Crippen LogP contribution in [0.5, 0.6) is 11.5 Å². The molecule has 36 heavy (non-hydrogen) atoms. The van der Waals surface area contributed by atoms with E-state index in [1.807, 2.05) is 69.3 Å². The average Bonchev–Trinajstić information content (AvgIpc) is 3.22. The molecule has 0 radical (unpaired) electrons. The van der Waals surface area contributed by atoms with Crippen LogP contribution in [0, 0.1) is 11.3 Å². The molecule has 2 aromatic rings. The SMILES string of the molecule is CCN(CC)C(=O)C1=C(C)N=C2SC(C#N)=C(N)N2[C@H]1c1ccc(OCc2ccccc2)c(OC)c1. The van der Waals surface area contributed by atoms with Gasteiger partial charge in [-0.05, 0) is 55.8 Å². The van der Waals surface area contributed by atoms with E-state index in [0.717, 1.165) is 11.1 Å². The molecule has 2 N–H and O–H groups in total. The number of rotatable bonds is 8. The third-order valence-corrected chi connectivity index (χ3v) is 7.17. The van der Waals surface area contributed by atoms with Gasteiger partial charge in [-0.3, -0.25) is 9.69 Å². The predicted octanol–water partition coefficient (Wildman–Crippen LogP) is 4.53. The van der Waals surface area contributed by atoms with Gasteiger partial charge < -0.3 is 20.1 Å². The average molecular weight is 504 g/mol. The lowest BCUT2D eigenvalue weighted by atomic mass is 9.93. The molecule has 0 saturated heterocycles. The van der Waals surface area contributed by atoms with Crippen molar-refractivity contribution in [1.82, 2.24) is 9.80 Å². The van der Waals surface area contributed by atoms with E-state index in [4.69, 9.17) is 15.2 Å². The number of hydrogen-bond acceptors (Lipinski definition) is 8. The van der Waals surface area contributed by atoms with Crippen LogP contribution in [0.1, 0.15) is 37.9 Å². The van der Waals surface area contributed by atoms with Crippen molar-refractivity contribution < 1.29 is 14.3 Å². The van der Waals surface area contributed by atoms with Crippen LogP contribution in [-0.4, -0.2) is 41.1 Å². The quantitative estimate of drug-likeness (QED) is 0.564. The molecule has 186 valence electrons. The van der Waals surface area contributed by atoms with E-state index in [9.17, 15) is 10.1 Å². The molecule has 2 aliphatic heterocycles. The third-order valence-electron chi connectivity index (χ3n) is 6.20. The minimum atomic E-state index is -0.568. The Hall–Kier alpha value is -3.90. The Bertz CT molecular complexity index is 1290. The van der Waals surface area contributed by atoms with Crippen LogP contribution in [0.15, 0.2) is 75.5 Å². The normalized spacial score (nSPS) is 16.9. The fourth-order valence-electron chi connectivity index (χ4n) is 4.32. The number of allylic oxidation sites excluding steroid dienone is 2. The summed E-state index contributed by atoms with van der Waals surface area (Å²) >= 11 is 1.21. The Morgan fingerprint density at radius 1 is 1.19 bits per heavy atom. The van der Waals surface area contributed by atoms with Crippen LogP contribution in [0.2, 0.25) is 0 Å². The zero-order valence-electron chi connectivity index (χ0n) is 20.8. The molecule has 0 spiro atoms. The maximum atomic E-state index is 13.7. The maximum absolute atomic E-state index is 13.7. The lowest BCUT2D eigenvalue weighted by molar-refractivity contribution is -0.127. The maximum Gasteiger partial charge on any atom is 0.254 e. The number of nitrogens with zero attached hydrogens (tertiary/aromatic N) is 4. The number of carbonyl (C=O) groups is 1. The molecule has 2 aliphatic rings. The van der Waals surface area contributed by atoms with E-state index in [2.05, 4.69) is 11.1 Å². The van der Waals surface area contributed by atoms with Crippen molar-refractivity contribution in [2.75, 3.05) is 20.2 Å². The fraction of sp³-hybridized carbons (Fsp3) is 0.296.